The Morgan fingerprint density at radius 3 is 1.90 bits per heavy atom. The summed E-state index contributed by atoms with van der Waals surface area (Å²) in [7, 11) is 0. The van der Waals surface area contributed by atoms with Crippen molar-refractivity contribution in [3.05, 3.63) is 0 Å². The van der Waals surface area contributed by atoms with Crippen molar-refractivity contribution in [2.75, 3.05) is 0 Å². The molecule has 0 spiro atoms. The van der Waals surface area contributed by atoms with E-state index >= 15 is 0 Å². The van der Waals surface area contributed by atoms with E-state index in [2.05, 4.69) is 24.2 Å². The summed E-state index contributed by atoms with van der Waals surface area (Å²) in [6.07, 6.45) is 2.64. The van der Waals surface area contributed by atoms with Gasteiger partial charge < -0.3 is 5.73 Å². The van der Waals surface area contributed by atoms with Gasteiger partial charge in [-0.3, -0.25) is 0 Å². The van der Waals surface area contributed by atoms with Gasteiger partial charge in [-0.25, -0.2) is 0 Å². The SMILES string of the molecule is C/C(N)=N/N=N.CCCC.[HH]. The minimum absolute atomic E-state index is 0. The normalized spacial score (nSPS) is 9.70. The van der Waals surface area contributed by atoms with E-state index in [1.54, 1.807) is 6.92 Å². The first-order chi connectivity index (χ1) is 4.68. The van der Waals surface area contributed by atoms with Gasteiger partial charge in [-0.1, -0.05) is 31.9 Å². The summed E-state index contributed by atoms with van der Waals surface area (Å²) in [6.45, 7) is 5.93. The van der Waals surface area contributed by atoms with Crippen molar-refractivity contribution < 1.29 is 1.43 Å². The number of hydrogen-bond acceptors (Lipinski definition) is 2. The molecular weight excluding hydrogens is 128 g/mol. The first-order valence-corrected chi connectivity index (χ1v) is 3.35. The highest BCUT2D eigenvalue weighted by molar-refractivity contribution is 5.77. The first kappa shape index (κ1) is 11.8. The summed E-state index contributed by atoms with van der Waals surface area (Å²) in [6, 6.07) is 0. The second kappa shape index (κ2) is 10.9. The fourth-order valence-corrected chi connectivity index (χ4v) is 0.0789. The number of amidine groups is 1. The molecule has 10 heavy (non-hydrogen) atoms. The highest BCUT2D eigenvalue weighted by Gasteiger charge is 1.67. The van der Waals surface area contributed by atoms with Crippen molar-refractivity contribution in [3.63, 3.8) is 0 Å². The molecule has 4 heteroatoms. The highest BCUT2D eigenvalue weighted by Crippen LogP contribution is 1.76. The molecular formula is C6H18N4. The maximum Gasteiger partial charge on any atom is 0.121 e. The number of rotatable bonds is 2. The van der Waals surface area contributed by atoms with Crippen molar-refractivity contribution in [3.8, 4) is 0 Å². The zero-order valence-electron chi connectivity index (χ0n) is 6.89. The Balaban J connectivity index is -0.000000114. The Kier molecular flexibility index (Phi) is 12.9. The molecule has 0 saturated heterocycles. The van der Waals surface area contributed by atoms with Gasteiger partial charge in [0.2, 0.25) is 0 Å². The molecule has 0 aromatic carbocycles. The van der Waals surface area contributed by atoms with Crippen LogP contribution in [0.25, 0.3) is 0 Å². The van der Waals surface area contributed by atoms with Crippen LogP contribution >= 0.6 is 0 Å². The zero-order chi connectivity index (χ0) is 8.41. The molecule has 0 unspecified atom stereocenters. The van der Waals surface area contributed by atoms with Gasteiger partial charge in [-0.2, -0.15) is 5.53 Å². The van der Waals surface area contributed by atoms with Gasteiger partial charge in [0.15, 0.2) is 0 Å². The molecule has 0 aromatic rings. The van der Waals surface area contributed by atoms with Gasteiger partial charge in [0.05, 0.1) is 0 Å². The van der Waals surface area contributed by atoms with E-state index in [0.29, 0.717) is 5.84 Å². The van der Waals surface area contributed by atoms with Gasteiger partial charge in [0.25, 0.3) is 0 Å². The van der Waals surface area contributed by atoms with E-state index in [-0.39, 0.29) is 1.43 Å². The van der Waals surface area contributed by atoms with Crippen LogP contribution in [0.3, 0.4) is 0 Å². The van der Waals surface area contributed by atoms with E-state index in [9.17, 15) is 0 Å². The van der Waals surface area contributed by atoms with Gasteiger partial charge in [0.1, 0.15) is 5.84 Å². The van der Waals surface area contributed by atoms with Crippen molar-refractivity contribution in [1.82, 2.24) is 0 Å². The molecule has 0 atom stereocenters. The second-order valence-electron chi connectivity index (χ2n) is 1.84. The summed E-state index contributed by atoms with van der Waals surface area (Å²) in [4.78, 5) is 0. The molecule has 3 N–H and O–H groups in total. The van der Waals surface area contributed by atoms with Crippen LogP contribution in [0.5, 0.6) is 0 Å². The van der Waals surface area contributed by atoms with Gasteiger partial charge >= 0.3 is 0 Å². The summed E-state index contributed by atoms with van der Waals surface area (Å²) in [5.74, 6) is 0.310. The molecule has 0 heterocycles. The van der Waals surface area contributed by atoms with Gasteiger partial charge in [-0.15, -0.1) is 5.10 Å². The van der Waals surface area contributed by atoms with Crippen molar-refractivity contribution >= 4 is 5.84 Å². The van der Waals surface area contributed by atoms with Gasteiger partial charge in [0, 0.05) is 1.43 Å². The molecule has 4 nitrogen and oxygen atoms in total. The van der Waals surface area contributed by atoms with Crippen molar-refractivity contribution in [2.45, 2.75) is 33.6 Å². The lowest BCUT2D eigenvalue weighted by molar-refractivity contribution is 0.886. The molecule has 0 rings (SSSR count). The minimum Gasteiger partial charge on any atom is -0.386 e. The number of nitrogens with zero attached hydrogens (tertiary/aromatic N) is 2. The average Bonchev–Trinajstić information content (AvgIpc) is 1.89. The van der Waals surface area contributed by atoms with E-state index in [1.165, 1.54) is 12.8 Å². The first-order valence-electron chi connectivity index (χ1n) is 3.35. The molecule has 0 aromatic heterocycles. The van der Waals surface area contributed by atoms with Crippen LogP contribution in [0.2, 0.25) is 0 Å². The second-order valence-corrected chi connectivity index (χ2v) is 1.84. The van der Waals surface area contributed by atoms with Crippen molar-refractivity contribution in [2.24, 2.45) is 16.1 Å². The average molecular weight is 146 g/mol. The number of nitrogens with two attached hydrogens (primary N) is 1. The molecule has 0 saturated carbocycles. The summed E-state index contributed by atoms with van der Waals surface area (Å²) >= 11 is 0. The molecule has 0 aliphatic heterocycles. The van der Waals surface area contributed by atoms with Crippen LogP contribution < -0.4 is 5.73 Å². The molecule has 0 aliphatic rings. The highest BCUT2D eigenvalue weighted by atomic mass is 15.3. The lowest BCUT2D eigenvalue weighted by Gasteiger charge is -1.74. The lowest BCUT2D eigenvalue weighted by Crippen LogP contribution is -2.03. The largest absolute Gasteiger partial charge is 0.386 e. The Hall–Kier alpha value is -0.930. The van der Waals surface area contributed by atoms with Crippen LogP contribution in [-0.4, -0.2) is 5.84 Å². The summed E-state index contributed by atoms with van der Waals surface area (Å²) in [5, 5.41) is 5.76. The summed E-state index contributed by atoms with van der Waals surface area (Å²) < 4.78 is 0. The van der Waals surface area contributed by atoms with E-state index in [1.807, 2.05) is 0 Å². The van der Waals surface area contributed by atoms with Crippen LogP contribution in [0.1, 0.15) is 35.0 Å². The lowest BCUT2D eigenvalue weighted by atomic mass is 10.4. The third-order valence-electron chi connectivity index (χ3n) is 0.708. The molecule has 0 fully saturated rings. The van der Waals surface area contributed by atoms with Crippen LogP contribution in [-0.2, 0) is 0 Å². The smallest absolute Gasteiger partial charge is 0.121 e. The standard InChI is InChI=1S/C4H10.C2H6N4.H2/c1-3-4-2;1-2(3)5-6-4;/h3-4H2,1-2H3;1H3,(H3,3,4,5);1H. The zero-order valence-corrected chi connectivity index (χ0v) is 6.89. The van der Waals surface area contributed by atoms with E-state index < -0.39 is 0 Å². The fraction of sp³-hybridized carbons (Fsp3) is 0.833. The molecule has 0 amide bonds. The molecule has 62 valence electrons. The van der Waals surface area contributed by atoms with Crippen LogP contribution in [0, 0.1) is 5.53 Å². The predicted molar refractivity (Wildman–Crippen MR) is 45.1 cm³/mol. The van der Waals surface area contributed by atoms with Crippen LogP contribution in [0.15, 0.2) is 10.3 Å². The monoisotopic (exact) mass is 146 g/mol. The molecule has 0 bridgehead atoms. The Morgan fingerprint density at radius 2 is 1.90 bits per heavy atom. The number of hydrogen-bond donors (Lipinski definition) is 2. The Bertz CT molecular complexity index is 96.8. The predicted octanol–water partition coefficient (Wildman–Crippen LogP) is 2.36. The molecule has 0 aliphatic carbocycles. The van der Waals surface area contributed by atoms with E-state index in [4.69, 9.17) is 11.3 Å². The van der Waals surface area contributed by atoms with Crippen LogP contribution in [0.4, 0.5) is 0 Å². The third kappa shape index (κ3) is 27.6. The van der Waals surface area contributed by atoms with Crippen molar-refractivity contribution in [1.29, 1.82) is 5.53 Å². The summed E-state index contributed by atoms with van der Waals surface area (Å²) in [5.41, 5.74) is 11.0. The Labute approximate surface area is 63.5 Å². The molecule has 0 radical (unpaired) electrons. The number of nitrogens with one attached hydrogen (secondary N) is 1. The van der Waals surface area contributed by atoms with E-state index in [0.717, 1.165) is 0 Å². The fourth-order valence-electron chi connectivity index (χ4n) is 0.0789. The number of unbranched alkanes of at least 4 members (excludes halogenated alkanes) is 1. The maximum atomic E-state index is 6.09. The quantitative estimate of drug-likeness (QED) is 0.267. The third-order valence-corrected chi connectivity index (χ3v) is 0.708. The Morgan fingerprint density at radius 1 is 1.50 bits per heavy atom. The van der Waals surface area contributed by atoms with Gasteiger partial charge in [-0.05, 0) is 6.92 Å². The maximum absolute atomic E-state index is 6.09. The minimum atomic E-state index is 0. The topological polar surface area (TPSA) is 74.6 Å².